The van der Waals surface area contributed by atoms with Crippen molar-refractivity contribution in [1.29, 1.82) is 0 Å². The second-order valence-electron chi connectivity index (χ2n) is 10.1. The zero-order valence-corrected chi connectivity index (χ0v) is 24.8. The van der Waals surface area contributed by atoms with Crippen LogP contribution >= 0.6 is 0 Å². The molecule has 4 rings (SSSR count). The van der Waals surface area contributed by atoms with Gasteiger partial charge < -0.3 is 14.2 Å². The molecule has 2 amide bonds. The molecule has 0 bridgehead atoms. The summed E-state index contributed by atoms with van der Waals surface area (Å²) in [6.45, 7) is 6.10. The van der Waals surface area contributed by atoms with Crippen molar-refractivity contribution in [3.63, 3.8) is 0 Å². The number of pyridine rings is 1. The van der Waals surface area contributed by atoms with Crippen molar-refractivity contribution in [1.82, 2.24) is 5.06 Å². The first-order valence-corrected chi connectivity index (χ1v) is 15.5. The van der Waals surface area contributed by atoms with Gasteiger partial charge in [-0.3, -0.25) is 14.1 Å². The number of benzene rings is 1. The first-order valence-electron chi connectivity index (χ1n) is 14.1. The molecule has 1 saturated heterocycles. The molecule has 0 spiro atoms. The molecule has 0 aliphatic carbocycles. The van der Waals surface area contributed by atoms with E-state index in [1.807, 2.05) is 32.0 Å². The highest BCUT2D eigenvalue weighted by Crippen LogP contribution is 2.23. The Labute approximate surface area is 248 Å². The molecule has 1 fully saturated rings. The van der Waals surface area contributed by atoms with Crippen LogP contribution in [0.5, 0.6) is 0 Å². The first-order chi connectivity index (χ1) is 20.5. The Balaban J connectivity index is 1.40. The number of hydrogen-bond donors (Lipinski definition) is 1. The van der Waals surface area contributed by atoms with E-state index in [0.717, 1.165) is 18.8 Å². The van der Waals surface area contributed by atoms with Crippen molar-refractivity contribution >= 4 is 56.7 Å². The Morgan fingerprint density at radius 1 is 1.02 bits per heavy atom. The van der Waals surface area contributed by atoms with Gasteiger partial charge in [0.05, 0.1) is 5.56 Å². The summed E-state index contributed by atoms with van der Waals surface area (Å²) in [6.07, 6.45) is 7.48. The highest BCUT2D eigenvalue weighted by Gasteiger charge is 2.32. The number of aromatic nitrogens is 1. The third kappa shape index (κ3) is 7.93. The van der Waals surface area contributed by atoms with Gasteiger partial charge in [-0.2, -0.15) is 8.42 Å². The Kier molecular flexibility index (Phi) is 10.1. The average Bonchev–Trinajstić information content (AvgIpc) is 3.28. The van der Waals surface area contributed by atoms with Crippen LogP contribution in [0.4, 0.5) is 5.69 Å². The Hall–Kier alpha value is -4.36. The van der Waals surface area contributed by atoms with Crippen molar-refractivity contribution in [2.45, 2.75) is 63.8 Å². The van der Waals surface area contributed by atoms with Crippen LogP contribution in [0.2, 0.25) is 0 Å². The summed E-state index contributed by atoms with van der Waals surface area (Å²) in [6, 6.07) is 8.79. The lowest BCUT2D eigenvalue weighted by atomic mass is 10.1. The van der Waals surface area contributed by atoms with Gasteiger partial charge in [-0.15, -0.1) is 5.06 Å². The van der Waals surface area contributed by atoms with E-state index in [9.17, 15) is 32.1 Å². The minimum absolute atomic E-state index is 0.0155. The molecular formula is C30H34N3O9S+. The van der Waals surface area contributed by atoms with Crippen molar-refractivity contribution in [2.75, 3.05) is 18.0 Å². The van der Waals surface area contributed by atoms with Crippen LogP contribution in [-0.2, 0) is 35.9 Å². The van der Waals surface area contributed by atoms with Crippen molar-refractivity contribution in [3.05, 3.63) is 64.3 Å². The molecule has 0 unspecified atom stereocenters. The molecule has 13 heteroatoms. The predicted molar refractivity (Wildman–Crippen MR) is 157 cm³/mol. The minimum atomic E-state index is -4.59. The number of unbranched alkanes of at least 4 members (excludes halogenated alkanes) is 2. The van der Waals surface area contributed by atoms with Crippen LogP contribution in [0.3, 0.4) is 0 Å². The quantitative estimate of drug-likeness (QED) is 0.0997. The van der Waals surface area contributed by atoms with Crippen LogP contribution in [-0.4, -0.2) is 48.9 Å². The molecule has 0 atom stereocenters. The SMILES string of the molecule is CCN(CC)c1ccc2cc(/C=C/c3cc[n+](CCCCCC(=O)ON4C(=O)CCC4=O)cc3S(=O)(=O)O)c(=O)oc2c1. The molecular weight excluding hydrogens is 578 g/mol. The highest BCUT2D eigenvalue weighted by atomic mass is 32.2. The van der Waals surface area contributed by atoms with Gasteiger partial charge in [0.25, 0.3) is 11.8 Å². The lowest BCUT2D eigenvalue weighted by Crippen LogP contribution is -2.34. The van der Waals surface area contributed by atoms with E-state index in [1.54, 1.807) is 16.8 Å². The number of aryl methyl sites for hydroxylation is 1. The highest BCUT2D eigenvalue weighted by molar-refractivity contribution is 7.85. The second kappa shape index (κ2) is 13.7. The van der Waals surface area contributed by atoms with Crippen molar-refractivity contribution < 1.29 is 41.2 Å². The van der Waals surface area contributed by atoms with Crippen LogP contribution < -0.4 is 15.1 Å². The summed E-state index contributed by atoms with van der Waals surface area (Å²) in [5, 5.41) is 1.22. The number of carbonyl (C=O) groups excluding carboxylic acids is 3. The smallest absolute Gasteiger partial charge is 0.343 e. The van der Waals surface area contributed by atoms with Gasteiger partial charge in [-0.1, -0.05) is 6.08 Å². The monoisotopic (exact) mass is 612 g/mol. The summed E-state index contributed by atoms with van der Waals surface area (Å²) < 4.78 is 41.3. The van der Waals surface area contributed by atoms with E-state index in [2.05, 4.69) is 4.90 Å². The molecule has 0 saturated carbocycles. The molecule has 1 aliphatic rings. The molecule has 1 N–H and O–H groups in total. The van der Waals surface area contributed by atoms with Gasteiger partial charge >= 0.3 is 21.7 Å². The van der Waals surface area contributed by atoms with E-state index in [4.69, 9.17) is 9.25 Å². The number of anilines is 1. The van der Waals surface area contributed by atoms with Gasteiger partial charge in [0.1, 0.15) is 12.1 Å². The van der Waals surface area contributed by atoms with Crippen LogP contribution in [0, 0.1) is 0 Å². The number of nitrogens with zero attached hydrogens (tertiary/aromatic N) is 3. The van der Waals surface area contributed by atoms with Crippen molar-refractivity contribution in [2.24, 2.45) is 0 Å². The fourth-order valence-corrected chi connectivity index (χ4v) is 5.46. The lowest BCUT2D eigenvalue weighted by molar-refractivity contribution is -0.699. The summed E-state index contributed by atoms with van der Waals surface area (Å²) in [5.41, 5.74) is 1.21. The predicted octanol–water partition coefficient (Wildman–Crippen LogP) is 3.51. The topological polar surface area (TPSA) is 155 Å². The maximum atomic E-state index is 12.7. The van der Waals surface area contributed by atoms with Crippen LogP contribution in [0.25, 0.3) is 23.1 Å². The van der Waals surface area contributed by atoms with E-state index < -0.39 is 33.5 Å². The number of fused-ring (bicyclic) bond motifs is 1. The maximum Gasteiger partial charge on any atom is 0.343 e. The Morgan fingerprint density at radius 2 is 1.72 bits per heavy atom. The van der Waals surface area contributed by atoms with Gasteiger partial charge in [0.2, 0.25) is 0 Å². The zero-order chi connectivity index (χ0) is 31.1. The molecule has 43 heavy (non-hydrogen) atoms. The molecule has 3 aromatic rings. The lowest BCUT2D eigenvalue weighted by Gasteiger charge is -2.20. The maximum absolute atomic E-state index is 12.7. The van der Waals surface area contributed by atoms with Crippen LogP contribution in [0.15, 0.2) is 56.8 Å². The summed E-state index contributed by atoms with van der Waals surface area (Å²) >= 11 is 0. The fourth-order valence-electron chi connectivity index (χ4n) is 4.76. The zero-order valence-electron chi connectivity index (χ0n) is 24.0. The third-order valence-electron chi connectivity index (χ3n) is 7.10. The van der Waals surface area contributed by atoms with Crippen molar-refractivity contribution in [3.8, 4) is 0 Å². The van der Waals surface area contributed by atoms with Gasteiger partial charge in [0.15, 0.2) is 17.3 Å². The Morgan fingerprint density at radius 3 is 2.40 bits per heavy atom. The number of imide groups is 1. The van der Waals surface area contributed by atoms with Gasteiger partial charge in [0, 0.05) is 67.5 Å². The number of amides is 2. The first kappa shape index (κ1) is 31.6. The standard InChI is InChI=1S/C30H33N3O9S/c1-3-32(4-2)24-12-11-22-18-23(30(37)41-25(22)19-24)10-9-21-15-17-31(20-26(21)43(38,39)40)16-7-5-6-8-29(36)42-33-27(34)13-14-28(33)35/h9-12,15,17-20H,3-8,13-14,16H2,1-2H3/p+1. The molecule has 1 aromatic carbocycles. The minimum Gasteiger partial charge on any atom is -0.422 e. The molecule has 12 nitrogen and oxygen atoms in total. The van der Waals surface area contributed by atoms with E-state index in [0.29, 0.717) is 41.8 Å². The summed E-state index contributed by atoms with van der Waals surface area (Å²) in [7, 11) is -4.59. The molecule has 3 heterocycles. The van der Waals surface area contributed by atoms with Crippen LogP contribution in [0.1, 0.15) is 63.5 Å². The largest absolute Gasteiger partial charge is 0.422 e. The number of carbonyl (C=O) groups is 3. The number of hydroxylamine groups is 2. The van der Waals surface area contributed by atoms with E-state index in [-0.39, 0.29) is 35.3 Å². The van der Waals surface area contributed by atoms with Gasteiger partial charge in [-0.25, -0.2) is 14.2 Å². The number of hydrogen-bond acceptors (Lipinski definition) is 9. The molecule has 2 aromatic heterocycles. The fraction of sp³-hybridized carbons (Fsp3) is 0.367. The molecule has 228 valence electrons. The van der Waals surface area contributed by atoms with E-state index >= 15 is 0 Å². The third-order valence-corrected chi connectivity index (χ3v) is 8.00. The molecule has 0 radical (unpaired) electrons. The summed E-state index contributed by atoms with van der Waals surface area (Å²) in [5.74, 6) is -1.74. The summed E-state index contributed by atoms with van der Waals surface area (Å²) in [4.78, 5) is 54.3. The average molecular weight is 613 g/mol. The number of rotatable bonds is 13. The molecule has 1 aliphatic heterocycles. The normalized spacial score (nSPS) is 13.8. The second-order valence-corrected chi connectivity index (χ2v) is 11.4. The Bertz CT molecular complexity index is 1710. The van der Waals surface area contributed by atoms with E-state index in [1.165, 1.54) is 24.4 Å². The van der Waals surface area contributed by atoms with Gasteiger partial charge in [-0.05, 0) is 51.0 Å².